The standard InChI is InChI=1S/C17H20N2O3S2/c1-12-5-6-15(13(2)9-12)18-17(20)16-10-14(11-23-16)24(21,22)19-7-3-4-8-19/h5-6,9-11H,3-4,7-8H2,1-2H3,(H,18,20). The van der Waals surface area contributed by atoms with Crippen LogP contribution in [0.15, 0.2) is 34.5 Å². The maximum absolute atomic E-state index is 12.5. The van der Waals surface area contributed by atoms with Crippen LogP contribution in [-0.4, -0.2) is 31.7 Å². The summed E-state index contributed by atoms with van der Waals surface area (Å²) in [5, 5.41) is 4.40. The minimum atomic E-state index is -3.47. The van der Waals surface area contributed by atoms with Crippen LogP contribution < -0.4 is 5.32 Å². The first-order valence-electron chi connectivity index (χ1n) is 7.85. The number of carbonyl (C=O) groups is 1. The monoisotopic (exact) mass is 364 g/mol. The first kappa shape index (κ1) is 17.1. The van der Waals surface area contributed by atoms with Crippen molar-refractivity contribution in [2.75, 3.05) is 18.4 Å². The van der Waals surface area contributed by atoms with Crippen molar-refractivity contribution < 1.29 is 13.2 Å². The van der Waals surface area contributed by atoms with Crippen LogP contribution in [0.2, 0.25) is 0 Å². The molecule has 0 spiro atoms. The molecule has 7 heteroatoms. The highest BCUT2D eigenvalue weighted by Gasteiger charge is 2.28. The predicted molar refractivity (Wildman–Crippen MR) is 96.2 cm³/mol. The number of carbonyl (C=O) groups excluding carboxylic acids is 1. The Labute approximate surface area is 146 Å². The van der Waals surface area contributed by atoms with Crippen LogP contribution in [0.25, 0.3) is 0 Å². The van der Waals surface area contributed by atoms with Crippen molar-refractivity contribution >= 4 is 33.0 Å². The second-order valence-corrected chi connectivity index (χ2v) is 8.88. The molecule has 24 heavy (non-hydrogen) atoms. The molecular weight excluding hydrogens is 344 g/mol. The van der Waals surface area contributed by atoms with Crippen LogP contribution in [0, 0.1) is 13.8 Å². The van der Waals surface area contributed by atoms with E-state index >= 15 is 0 Å². The Kier molecular flexibility index (Phi) is 4.76. The number of nitrogens with one attached hydrogen (secondary N) is 1. The molecule has 1 aromatic heterocycles. The smallest absolute Gasteiger partial charge is 0.265 e. The van der Waals surface area contributed by atoms with Crippen LogP contribution in [0.5, 0.6) is 0 Å². The lowest BCUT2D eigenvalue weighted by Crippen LogP contribution is -2.27. The van der Waals surface area contributed by atoms with Gasteiger partial charge in [0, 0.05) is 24.2 Å². The van der Waals surface area contributed by atoms with Crippen molar-refractivity contribution in [3.8, 4) is 0 Å². The Morgan fingerprint density at radius 1 is 1.17 bits per heavy atom. The predicted octanol–water partition coefficient (Wildman–Crippen LogP) is 3.40. The van der Waals surface area contributed by atoms with Gasteiger partial charge in [-0.15, -0.1) is 11.3 Å². The number of aryl methyl sites for hydroxylation is 2. The average molecular weight is 364 g/mol. The molecular formula is C17H20N2O3S2. The normalized spacial score (nSPS) is 15.6. The number of nitrogens with zero attached hydrogens (tertiary/aromatic N) is 1. The first-order valence-corrected chi connectivity index (χ1v) is 10.2. The van der Waals surface area contributed by atoms with Crippen LogP contribution in [0.1, 0.15) is 33.6 Å². The van der Waals surface area contributed by atoms with Crippen LogP contribution in [-0.2, 0) is 10.0 Å². The first-order chi connectivity index (χ1) is 11.4. The maximum Gasteiger partial charge on any atom is 0.265 e. The van der Waals surface area contributed by atoms with Gasteiger partial charge in [-0.3, -0.25) is 4.79 Å². The molecule has 0 aliphatic carbocycles. The average Bonchev–Trinajstić information content (AvgIpc) is 3.21. The Morgan fingerprint density at radius 2 is 1.88 bits per heavy atom. The topological polar surface area (TPSA) is 66.5 Å². The summed E-state index contributed by atoms with van der Waals surface area (Å²) >= 11 is 1.15. The highest BCUT2D eigenvalue weighted by Crippen LogP contribution is 2.26. The van der Waals surface area contributed by atoms with Gasteiger partial charge in [-0.05, 0) is 44.4 Å². The van der Waals surface area contributed by atoms with Crippen molar-refractivity contribution in [3.63, 3.8) is 0 Å². The zero-order chi connectivity index (χ0) is 17.3. The molecule has 128 valence electrons. The third-order valence-electron chi connectivity index (χ3n) is 4.13. The van der Waals surface area contributed by atoms with Crippen molar-refractivity contribution in [3.05, 3.63) is 45.6 Å². The zero-order valence-corrected chi connectivity index (χ0v) is 15.3. The zero-order valence-electron chi connectivity index (χ0n) is 13.7. The van der Waals surface area contributed by atoms with E-state index in [1.807, 2.05) is 32.0 Å². The summed E-state index contributed by atoms with van der Waals surface area (Å²) in [4.78, 5) is 13.0. The maximum atomic E-state index is 12.5. The van der Waals surface area contributed by atoms with E-state index in [-0.39, 0.29) is 10.8 Å². The van der Waals surface area contributed by atoms with Gasteiger partial charge < -0.3 is 5.32 Å². The molecule has 5 nitrogen and oxygen atoms in total. The number of thiophene rings is 1. The van der Waals surface area contributed by atoms with Gasteiger partial charge in [-0.2, -0.15) is 4.31 Å². The third-order valence-corrected chi connectivity index (χ3v) is 7.09. The van der Waals surface area contributed by atoms with Crippen LogP contribution in [0.4, 0.5) is 5.69 Å². The molecule has 3 rings (SSSR count). The van der Waals surface area contributed by atoms with E-state index in [0.717, 1.165) is 41.0 Å². The molecule has 0 unspecified atom stereocenters. The number of sulfonamides is 1. The van der Waals surface area contributed by atoms with E-state index < -0.39 is 10.0 Å². The van der Waals surface area contributed by atoms with Gasteiger partial charge in [-0.25, -0.2) is 8.42 Å². The van der Waals surface area contributed by atoms with E-state index in [1.165, 1.54) is 10.4 Å². The summed E-state index contributed by atoms with van der Waals surface area (Å²) < 4.78 is 26.5. The molecule has 1 aliphatic heterocycles. The van der Waals surface area contributed by atoms with E-state index in [0.29, 0.717) is 18.0 Å². The molecule has 1 N–H and O–H groups in total. The van der Waals surface area contributed by atoms with E-state index in [2.05, 4.69) is 5.32 Å². The van der Waals surface area contributed by atoms with Gasteiger partial charge >= 0.3 is 0 Å². The van der Waals surface area contributed by atoms with Gasteiger partial charge in [-0.1, -0.05) is 17.7 Å². The van der Waals surface area contributed by atoms with Gasteiger partial charge in [0.05, 0.1) is 9.77 Å². The van der Waals surface area contributed by atoms with Crippen molar-refractivity contribution in [1.29, 1.82) is 0 Å². The number of hydrogen-bond donors (Lipinski definition) is 1. The molecule has 0 saturated carbocycles. The molecule has 1 aliphatic rings. The van der Waals surface area contributed by atoms with Gasteiger partial charge in [0.25, 0.3) is 5.91 Å². The van der Waals surface area contributed by atoms with Crippen molar-refractivity contribution in [2.45, 2.75) is 31.6 Å². The molecule has 2 aromatic rings. The number of benzene rings is 1. The highest BCUT2D eigenvalue weighted by molar-refractivity contribution is 7.89. The molecule has 1 fully saturated rings. The summed E-state index contributed by atoms with van der Waals surface area (Å²) in [6, 6.07) is 7.25. The second kappa shape index (κ2) is 6.66. The van der Waals surface area contributed by atoms with Gasteiger partial charge in [0.2, 0.25) is 10.0 Å². The number of amides is 1. The summed E-state index contributed by atoms with van der Waals surface area (Å²) in [5.74, 6) is -0.283. The van der Waals surface area contributed by atoms with Crippen LogP contribution in [0.3, 0.4) is 0 Å². The number of hydrogen-bond acceptors (Lipinski definition) is 4. The third kappa shape index (κ3) is 3.38. The fraction of sp³-hybridized carbons (Fsp3) is 0.353. The summed E-state index contributed by atoms with van der Waals surface area (Å²) in [6.45, 7) is 5.04. The van der Waals surface area contributed by atoms with Crippen molar-refractivity contribution in [1.82, 2.24) is 4.31 Å². The minimum absolute atomic E-state index is 0.208. The highest BCUT2D eigenvalue weighted by atomic mass is 32.2. The fourth-order valence-corrected chi connectivity index (χ4v) is 5.46. The SMILES string of the molecule is Cc1ccc(NC(=O)c2cc(S(=O)(=O)N3CCCC3)cs2)c(C)c1. The lowest BCUT2D eigenvalue weighted by molar-refractivity contribution is 0.103. The fourth-order valence-electron chi connectivity index (χ4n) is 2.79. The molecule has 1 aromatic carbocycles. The Balaban J connectivity index is 1.78. The lowest BCUT2D eigenvalue weighted by atomic mass is 10.1. The second-order valence-electron chi connectivity index (χ2n) is 6.03. The van der Waals surface area contributed by atoms with E-state index in [4.69, 9.17) is 0 Å². The lowest BCUT2D eigenvalue weighted by Gasteiger charge is -2.13. The Bertz CT molecular complexity index is 866. The van der Waals surface area contributed by atoms with Crippen LogP contribution >= 0.6 is 11.3 Å². The molecule has 0 atom stereocenters. The van der Waals surface area contributed by atoms with Gasteiger partial charge in [0.1, 0.15) is 0 Å². The summed E-state index contributed by atoms with van der Waals surface area (Å²) in [7, 11) is -3.47. The largest absolute Gasteiger partial charge is 0.321 e. The molecule has 1 saturated heterocycles. The molecule has 0 radical (unpaired) electrons. The van der Waals surface area contributed by atoms with E-state index in [9.17, 15) is 13.2 Å². The Hall–Kier alpha value is -1.70. The Morgan fingerprint density at radius 3 is 2.54 bits per heavy atom. The number of anilines is 1. The van der Waals surface area contributed by atoms with E-state index in [1.54, 1.807) is 5.38 Å². The molecule has 2 heterocycles. The van der Waals surface area contributed by atoms with Gasteiger partial charge in [0.15, 0.2) is 0 Å². The van der Waals surface area contributed by atoms with Crippen molar-refractivity contribution in [2.24, 2.45) is 0 Å². The number of rotatable bonds is 4. The molecule has 0 bridgehead atoms. The minimum Gasteiger partial charge on any atom is -0.321 e. The summed E-state index contributed by atoms with van der Waals surface area (Å²) in [5.41, 5.74) is 2.84. The molecule has 1 amide bonds. The quantitative estimate of drug-likeness (QED) is 0.904. The summed E-state index contributed by atoms with van der Waals surface area (Å²) in [6.07, 6.45) is 1.78.